The lowest BCUT2D eigenvalue weighted by Crippen LogP contribution is -2.10. The summed E-state index contributed by atoms with van der Waals surface area (Å²) in [7, 11) is 0. The third kappa shape index (κ3) is 7.63. The van der Waals surface area contributed by atoms with Crippen LogP contribution in [0.2, 0.25) is 0 Å². The molecule has 4 heteroatoms. The number of carbonyl (C=O) groups is 1. The summed E-state index contributed by atoms with van der Waals surface area (Å²) in [5.41, 5.74) is 2.47. The fourth-order valence-electron chi connectivity index (χ4n) is 3.05. The summed E-state index contributed by atoms with van der Waals surface area (Å²) in [4.78, 5) is 12.7. The Morgan fingerprint density at radius 2 is 1.68 bits per heavy atom. The van der Waals surface area contributed by atoms with Gasteiger partial charge in [0.1, 0.15) is 17.2 Å². The molecule has 2 rings (SSSR count). The first-order valence-electron chi connectivity index (χ1n) is 10.9. The number of carbonyl (C=O) groups excluding carboxylic acids is 1. The Balaban J connectivity index is 2.34. The Morgan fingerprint density at radius 3 is 2.26 bits per heavy atom. The van der Waals surface area contributed by atoms with Crippen molar-refractivity contribution in [3.05, 3.63) is 71.8 Å². The van der Waals surface area contributed by atoms with Crippen LogP contribution >= 0.6 is 0 Å². The monoisotopic (exact) mass is 422 g/mol. The zero-order valence-electron chi connectivity index (χ0n) is 19.3. The van der Waals surface area contributed by atoms with Crippen molar-refractivity contribution < 1.29 is 19.0 Å². The maximum atomic E-state index is 12.7. The number of ether oxygens (including phenoxy) is 3. The van der Waals surface area contributed by atoms with Crippen molar-refractivity contribution in [1.29, 1.82) is 0 Å². The lowest BCUT2D eigenvalue weighted by molar-refractivity contribution is 0.104. The van der Waals surface area contributed by atoms with Gasteiger partial charge >= 0.3 is 0 Å². The van der Waals surface area contributed by atoms with E-state index in [-0.39, 0.29) is 18.0 Å². The van der Waals surface area contributed by atoms with Gasteiger partial charge in [0.15, 0.2) is 5.78 Å². The van der Waals surface area contributed by atoms with Crippen LogP contribution in [0, 0.1) is 0 Å². The van der Waals surface area contributed by atoms with Crippen LogP contribution in [-0.2, 0) is 6.42 Å². The van der Waals surface area contributed by atoms with Gasteiger partial charge in [-0.2, -0.15) is 0 Å². The van der Waals surface area contributed by atoms with Gasteiger partial charge in [0, 0.05) is 17.2 Å². The van der Waals surface area contributed by atoms with Gasteiger partial charge in [-0.05, 0) is 82.5 Å². The van der Waals surface area contributed by atoms with Gasteiger partial charge in [-0.25, -0.2) is 0 Å². The number of rotatable bonds is 12. The van der Waals surface area contributed by atoms with Gasteiger partial charge in [-0.1, -0.05) is 19.1 Å². The molecule has 166 valence electrons. The number of ketones is 1. The van der Waals surface area contributed by atoms with E-state index in [1.807, 2.05) is 64.1 Å². The molecular formula is C27H34O4. The van der Waals surface area contributed by atoms with E-state index < -0.39 is 0 Å². The Morgan fingerprint density at radius 1 is 1.00 bits per heavy atom. The molecule has 0 aromatic heterocycles. The first kappa shape index (κ1) is 24.3. The van der Waals surface area contributed by atoms with Crippen LogP contribution in [0.5, 0.6) is 17.2 Å². The van der Waals surface area contributed by atoms with Gasteiger partial charge < -0.3 is 14.2 Å². The number of hydrogen-bond donors (Lipinski definition) is 0. The molecule has 0 spiro atoms. The predicted molar refractivity (Wildman–Crippen MR) is 127 cm³/mol. The van der Waals surface area contributed by atoms with E-state index >= 15 is 0 Å². The van der Waals surface area contributed by atoms with Gasteiger partial charge in [0.25, 0.3) is 0 Å². The molecule has 0 atom stereocenters. The second kappa shape index (κ2) is 12.0. The maximum absolute atomic E-state index is 12.7. The topological polar surface area (TPSA) is 44.8 Å². The predicted octanol–water partition coefficient (Wildman–Crippen LogP) is 6.67. The molecule has 0 radical (unpaired) electrons. The third-order valence-electron chi connectivity index (χ3n) is 4.33. The van der Waals surface area contributed by atoms with Crippen molar-refractivity contribution in [3.8, 4) is 17.2 Å². The van der Waals surface area contributed by atoms with Gasteiger partial charge in [0.05, 0.1) is 18.8 Å². The molecule has 2 aromatic rings. The van der Waals surface area contributed by atoms with Gasteiger partial charge in [-0.3, -0.25) is 4.79 Å². The van der Waals surface area contributed by atoms with E-state index in [9.17, 15) is 4.79 Å². The van der Waals surface area contributed by atoms with Crippen molar-refractivity contribution in [2.45, 2.75) is 59.7 Å². The number of allylic oxidation sites excluding steroid dienone is 2. The summed E-state index contributed by atoms with van der Waals surface area (Å²) in [5.74, 6) is 2.15. The van der Waals surface area contributed by atoms with Gasteiger partial charge in [0.2, 0.25) is 0 Å². The Kier molecular flexibility index (Phi) is 9.39. The highest BCUT2D eigenvalue weighted by atomic mass is 16.5. The summed E-state index contributed by atoms with van der Waals surface area (Å²) in [5, 5.41) is 0. The van der Waals surface area contributed by atoms with Crippen molar-refractivity contribution in [1.82, 2.24) is 0 Å². The summed E-state index contributed by atoms with van der Waals surface area (Å²) < 4.78 is 17.5. The Labute approximate surface area is 186 Å². The van der Waals surface area contributed by atoms with Crippen LogP contribution in [0.4, 0.5) is 0 Å². The molecule has 0 heterocycles. The van der Waals surface area contributed by atoms with Crippen LogP contribution in [-0.4, -0.2) is 24.6 Å². The second-order valence-corrected chi connectivity index (χ2v) is 7.89. The molecule has 0 bridgehead atoms. The molecule has 4 nitrogen and oxygen atoms in total. The highest BCUT2D eigenvalue weighted by Gasteiger charge is 2.13. The lowest BCUT2D eigenvalue weighted by Gasteiger charge is -2.19. The van der Waals surface area contributed by atoms with Crippen LogP contribution in [0.3, 0.4) is 0 Å². The van der Waals surface area contributed by atoms with Crippen LogP contribution in [0.1, 0.15) is 62.5 Å². The minimum absolute atomic E-state index is 0.0183. The molecule has 0 amide bonds. The van der Waals surface area contributed by atoms with E-state index in [0.717, 1.165) is 29.0 Å². The molecule has 0 saturated carbocycles. The molecule has 31 heavy (non-hydrogen) atoms. The van der Waals surface area contributed by atoms with Crippen LogP contribution in [0.25, 0.3) is 6.08 Å². The molecule has 0 saturated heterocycles. The highest BCUT2D eigenvalue weighted by molar-refractivity contribution is 6.07. The van der Waals surface area contributed by atoms with Crippen molar-refractivity contribution in [3.63, 3.8) is 0 Å². The minimum atomic E-state index is -0.0758. The SMILES string of the molecule is C=CCc1c(C=CC(=O)c2ccc(OCCC)cc2)cc(OC(C)C)cc1OC(C)C. The smallest absolute Gasteiger partial charge is 0.185 e. The van der Waals surface area contributed by atoms with E-state index in [2.05, 4.69) is 13.5 Å². The van der Waals surface area contributed by atoms with E-state index in [1.54, 1.807) is 18.2 Å². The Hall–Kier alpha value is -3.01. The second-order valence-electron chi connectivity index (χ2n) is 7.89. The summed E-state index contributed by atoms with van der Waals surface area (Å²) >= 11 is 0. The standard InChI is InChI=1S/C27H34O4/c1-7-9-25-22(17-24(30-19(3)4)18-27(25)31-20(5)6)12-15-26(28)21-10-13-23(14-11-21)29-16-8-2/h7,10-15,17-20H,1,8-9,16H2,2-6H3. The number of benzene rings is 2. The zero-order chi connectivity index (χ0) is 22.8. The lowest BCUT2D eigenvalue weighted by atomic mass is 10.0. The fourth-order valence-corrected chi connectivity index (χ4v) is 3.05. The van der Waals surface area contributed by atoms with Crippen LogP contribution in [0.15, 0.2) is 55.1 Å². The quantitative estimate of drug-likeness (QED) is 0.218. The summed E-state index contributed by atoms with van der Waals surface area (Å²) in [6.07, 6.45) is 6.86. The first-order valence-corrected chi connectivity index (χ1v) is 10.9. The summed E-state index contributed by atoms with van der Waals surface area (Å²) in [6, 6.07) is 11.1. The van der Waals surface area contributed by atoms with Crippen molar-refractivity contribution in [2.75, 3.05) is 6.61 Å². The summed E-state index contributed by atoms with van der Waals surface area (Å²) in [6.45, 7) is 14.5. The van der Waals surface area contributed by atoms with Crippen LogP contribution < -0.4 is 14.2 Å². The van der Waals surface area contributed by atoms with E-state index in [4.69, 9.17) is 14.2 Å². The molecule has 2 aromatic carbocycles. The molecule has 0 aliphatic rings. The first-order chi connectivity index (χ1) is 14.8. The molecule has 0 unspecified atom stereocenters. The highest BCUT2D eigenvalue weighted by Crippen LogP contribution is 2.32. The van der Waals surface area contributed by atoms with Gasteiger partial charge in [-0.15, -0.1) is 6.58 Å². The maximum Gasteiger partial charge on any atom is 0.185 e. The van der Waals surface area contributed by atoms with Crippen molar-refractivity contribution >= 4 is 11.9 Å². The van der Waals surface area contributed by atoms with E-state index in [0.29, 0.717) is 24.3 Å². The van der Waals surface area contributed by atoms with Crippen molar-refractivity contribution in [2.24, 2.45) is 0 Å². The van der Waals surface area contributed by atoms with E-state index in [1.165, 1.54) is 0 Å². The largest absolute Gasteiger partial charge is 0.494 e. The molecule has 0 fully saturated rings. The third-order valence-corrected chi connectivity index (χ3v) is 4.33. The molecule has 0 aliphatic heterocycles. The molecular weight excluding hydrogens is 388 g/mol. The Bertz CT molecular complexity index is 892. The molecule has 0 aliphatic carbocycles. The zero-order valence-corrected chi connectivity index (χ0v) is 19.3. The number of hydrogen-bond acceptors (Lipinski definition) is 4. The molecule has 0 N–H and O–H groups in total. The average molecular weight is 423 g/mol. The fraction of sp³-hybridized carbons (Fsp3) is 0.370. The normalized spacial score (nSPS) is 11.2. The minimum Gasteiger partial charge on any atom is -0.494 e. The average Bonchev–Trinajstić information content (AvgIpc) is 2.72.